The predicted molar refractivity (Wildman–Crippen MR) is 103 cm³/mol. The second kappa shape index (κ2) is 17.5. The van der Waals surface area contributed by atoms with E-state index in [-0.39, 0.29) is 63.3 Å². The van der Waals surface area contributed by atoms with Gasteiger partial charge in [0.2, 0.25) is 11.8 Å². The molecule has 0 aliphatic heterocycles. The topological polar surface area (TPSA) is 135 Å². The van der Waals surface area contributed by atoms with Crippen molar-refractivity contribution in [2.24, 2.45) is 0 Å². The lowest BCUT2D eigenvalue weighted by atomic mass is 10.3. The van der Waals surface area contributed by atoms with Crippen molar-refractivity contribution in [1.82, 2.24) is 16.0 Å². The first-order chi connectivity index (χ1) is 13.4. The van der Waals surface area contributed by atoms with Gasteiger partial charge in [-0.15, -0.1) is 0 Å². The summed E-state index contributed by atoms with van der Waals surface area (Å²) in [4.78, 5) is 34.6. The van der Waals surface area contributed by atoms with Gasteiger partial charge in [0.15, 0.2) is 5.78 Å². The van der Waals surface area contributed by atoms with Crippen LogP contribution in [0.15, 0.2) is 0 Å². The Bertz CT molecular complexity index is 447. The second-order valence-corrected chi connectivity index (χ2v) is 6.32. The number of hydrogen-bond acceptors (Lipinski definition) is 8. The van der Waals surface area contributed by atoms with Crippen molar-refractivity contribution in [3.63, 3.8) is 0 Å². The average molecular weight is 405 g/mol. The molecule has 0 spiro atoms. The van der Waals surface area contributed by atoms with Crippen LogP contribution in [-0.2, 0) is 28.6 Å². The molecule has 0 heterocycles. The van der Waals surface area contributed by atoms with Gasteiger partial charge in [0.25, 0.3) is 0 Å². The monoisotopic (exact) mass is 405 g/mol. The second-order valence-electron chi connectivity index (χ2n) is 6.32. The van der Waals surface area contributed by atoms with E-state index >= 15 is 0 Å². The molecule has 0 fully saturated rings. The van der Waals surface area contributed by atoms with Gasteiger partial charge in [-0.3, -0.25) is 14.4 Å². The summed E-state index contributed by atoms with van der Waals surface area (Å²) in [5.41, 5.74) is 0. The molecule has 0 aromatic heterocycles. The number of carbonyl (C=O) groups excluding carboxylic acids is 3. The maximum Gasteiger partial charge on any atom is 0.239 e. The maximum atomic E-state index is 11.9. The highest BCUT2D eigenvalue weighted by molar-refractivity contribution is 5.89. The smallest absolute Gasteiger partial charge is 0.239 e. The van der Waals surface area contributed by atoms with E-state index in [9.17, 15) is 14.4 Å². The molecule has 10 nitrogen and oxygen atoms in total. The number of aliphatic hydroxyl groups is 1. The van der Waals surface area contributed by atoms with Crippen LogP contribution in [0.2, 0.25) is 0 Å². The highest BCUT2D eigenvalue weighted by Crippen LogP contribution is 1.92. The van der Waals surface area contributed by atoms with Crippen LogP contribution in [0.25, 0.3) is 0 Å². The fourth-order valence-electron chi connectivity index (χ4n) is 1.89. The molecule has 0 aromatic rings. The molecule has 164 valence electrons. The molecule has 0 aliphatic rings. The lowest BCUT2D eigenvalue weighted by Crippen LogP contribution is -2.46. The van der Waals surface area contributed by atoms with Crippen molar-refractivity contribution in [3.05, 3.63) is 0 Å². The predicted octanol–water partition coefficient (Wildman–Crippen LogP) is -1.39. The van der Waals surface area contributed by atoms with Gasteiger partial charge < -0.3 is 35.3 Å². The Morgan fingerprint density at radius 2 is 1.50 bits per heavy atom. The Labute approximate surface area is 166 Å². The number of amides is 2. The number of aliphatic hydroxyl groups excluding tert-OH is 1. The lowest BCUT2D eigenvalue weighted by Gasteiger charge is -2.19. The molecule has 0 aliphatic carbocycles. The third-order valence-electron chi connectivity index (χ3n) is 3.43. The van der Waals surface area contributed by atoms with E-state index in [1.807, 2.05) is 13.8 Å². The first-order valence-electron chi connectivity index (χ1n) is 9.55. The summed E-state index contributed by atoms with van der Waals surface area (Å²) < 4.78 is 16.2. The van der Waals surface area contributed by atoms with E-state index in [2.05, 4.69) is 16.0 Å². The standard InChI is InChI=1S/C18H35N3O7/c1-4-16(23)9-20-18(25)11-21-17(24)10-19-15(12-26-6-5-22)13-27-7-8-28-14(2)3/h14-15,19,22H,4-13H2,1-3H3,(H,20,25)(H,21,24). The number of ketones is 1. The van der Waals surface area contributed by atoms with Crippen molar-refractivity contribution in [3.8, 4) is 0 Å². The van der Waals surface area contributed by atoms with Gasteiger partial charge in [0.05, 0.1) is 71.4 Å². The Balaban J connectivity index is 4.08. The van der Waals surface area contributed by atoms with Gasteiger partial charge in [-0.25, -0.2) is 0 Å². The quantitative estimate of drug-likeness (QED) is 0.205. The molecular formula is C18H35N3O7. The SMILES string of the molecule is CCC(=O)CNC(=O)CNC(=O)CNC(COCCO)COCCOC(C)C. The summed E-state index contributed by atoms with van der Waals surface area (Å²) >= 11 is 0. The summed E-state index contributed by atoms with van der Waals surface area (Å²) in [5.74, 6) is -0.871. The summed E-state index contributed by atoms with van der Waals surface area (Å²) in [7, 11) is 0. The first-order valence-corrected chi connectivity index (χ1v) is 9.55. The lowest BCUT2D eigenvalue weighted by molar-refractivity contribution is -0.127. The van der Waals surface area contributed by atoms with Crippen LogP contribution in [-0.4, -0.2) is 94.1 Å². The van der Waals surface area contributed by atoms with E-state index in [1.165, 1.54) is 0 Å². The Hall–Kier alpha value is -1.59. The molecule has 10 heteroatoms. The highest BCUT2D eigenvalue weighted by atomic mass is 16.5. The number of rotatable bonds is 18. The van der Waals surface area contributed by atoms with Gasteiger partial charge in [-0.1, -0.05) is 6.92 Å². The number of ether oxygens (including phenoxy) is 3. The Morgan fingerprint density at radius 3 is 2.11 bits per heavy atom. The number of nitrogens with one attached hydrogen (secondary N) is 3. The van der Waals surface area contributed by atoms with Crippen LogP contribution in [0.1, 0.15) is 27.2 Å². The zero-order valence-corrected chi connectivity index (χ0v) is 17.1. The van der Waals surface area contributed by atoms with E-state index < -0.39 is 5.91 Å². The summed E-state index contributed by atoms with van der Waals surface area (Å²) in [6.45, 7) is 6.88. The molecule has 0 radical (unpaired) electrons. The summed E-state index contributed by atoms with van der Waals surface area (Å²) in [5, 5.41) is 16.7. The fraction of sp³-hybridized carbons (Fsp3) is 0.833. The van der Waals surface area contributed by atoms with Gasteiger partial charge >= 0.3 is 0 Å². The van der Waals surface area contributed by atoms with E-state index in [0.29, 0.717) is 26.2 Å². The Kier molecular flexibility index (Phi) is 16.5. The molecular weight excluding hydrogens is 370 g/mol. The summed E-state index contributed by atoms with van der Waals surface area (Å²) in [6.07, 6.45) is 0.480. The van der Waals surface area contributed by atoms with Gasteiger partial charge in [0, 0.05) is 6.42 Å². The number of carbonyl (C=O) groups is 3. The summed E-state index contributed by atoms with van der Waals surface area (Å²) in [6, 6.07) is -0.257. The highest BCUT2D eigenvalue weighted by Gasteiger charge is 2.12. The van der Waals surface area contributed by atoms with Crippen molar-refractivity contribution >= 4 is 17.6 Å². The minimum Gasteiger partial charge on any atom is -0.394 e. The molecule has 0 saturated heterocycles. The third kappa shape index (κ3) is 16.6. The minimum absolute atomic E-state index is 0.0276. The van der Waals surface area contributed by atoms with Crippen LogP contribution >= 0.6 is 0 Å². The van der Waals surface area contributed by atoms with Crippen molar-refractivity contribution in [1.29, 1.82) is 0 Å². The van der Waals surface area contributed by atoms with Crippen LogP contribution in [0.4, 0.5) is 0 Å². The largest absolute Gasteiger partial charge is 0.394 e. The maximum absolute atomic E-state index is 11.9. The molecule has 0 saturated carbocycles. The Morgan fingerprint density at radius 1 is 0.893 bits per heavy atom. The van der Waals surface area contributed by atoms with Crippen LogP contribution in [0, 0.1) is 0 Å². The molecule has 28 heavy (non-hydrogen) atoms. The van der Waals surface area contributed by atoms with E-state index in [0.717, 1.165) is 0 Å². The zero-order valence-electron chi connectivity index (χ0n) is 17.1. The van der Waals surface area contributed by atoms with Gasteiger partial charge in [-0.2, -0.15) is 0 Å². The third-order valence-corrected chi connectivity index (χ3v) is 3.43. The molecule has 4 N–H and O–H groups in total. The first kappa shape index (κ1) is 26.4. The van der Waals surface area contributed by atoms with Gasteiger partial charge in [-0.05, 0) is 13.8 Å². The number of Topliss-reactive ketones (excluding diaryl/α,β-unsaturated/α-hetero) is 1. The molecule has 0 aromatic carbocycles. The zero-order chi connectivity index (χ0) is 21.2. The fourth-order valence-corrected chi connectivity index (χ4v) is 1.89. The normalized spacial score (nSPS) is 12.0. The van der Waals surface area contributed by atoms with E-state index in [4.69, 9.17) is 19.3 Å². The molecule has 2 amide bonds. The van der Waals surface area contributed by atoms with Crippen LogP contribution in [0.3, 0.4) is 0 Å². The van der Waals surface area contributed by atoms with Crippen LogP contribution < -0.4 is 16.0 Å². The van der Waals surface area contributed by atoms with Crippen LogP contribution in [0.5, 0.6) is 0 Å². The van der Waals surface area contributed by atoms with Crippen molar-refractivity contribution in [2.75, 3.05) is 59.3 Å². The van der Waals surface area contributed by atoms with E-state index in [1.54, 1.807) is 6.92 Å². The molecule has 0 bridgehead atoms. The van der Waals surface area contributed by atoms with Crippen molar-refractivity contribution < 1.29 is 33.7 Å². The molecule has 0 rings (SSSR count). The molecule has 1 atom stereocenters. The average Bonchev–Trinajstić information content (AvgIpc) is 2.67. The van der Waals surface area contributed by atoms with Gasteiger partial charge in [0.1, 0.15) is 0 Å². The number of hydrogen-bond donors (Lipinski definition) is 4. The minimum atomic E-state index is -0.425. The van der Waals surface area contributed by atoms with Crippen molar-refractivity contribution in [2.45, 2.75) is 39.3 Å². The molecule has 1 unspecified atom stereocenters.